The van der Waals surface area contributed by atoms with E-state index in [1.165, 1.54) is 0 Å². The minimum Gasteiger partial charge on any atom is -0.354 e. The molecule has 0 bridgehead atoms. The molecule has 1 aliphatic heterocycles. The van der Waals surface area contributed by atoms with Crippen LogP contribution < -0.4 is 5.32 Å². The van der Waals surface area contributed by atoms with Gasteiger partial charge in [0, 0.05) is 31.3 Å². The summed E-state index contributed by atoms with van der Waals surface area (Å²) >= 11 is 7.45. The molecule has 0 aromatic heterocycles. The van der Waals surface area contributed by atoms with Gasteiger partial charge in [0.25, 0.3) is 0 Å². The van der Waals surface area contributed by atoms with Crippen LogP contribution in [0.15, 0.2) is 118 Å². The number of ketones is 2. The van der Waals surface area contributed by atoms with Gasteiger partial charge in [-0.1, -0.05) is 105 Å². The van der Waals surface area contributed by atoms with E-state index in [9.17, 15) is 9.59 Å². The lowest BCUT2D eigenvalue weighted by Gasteiger charge is -2.38. The highest BCUT2D eigenvalue weighted by Crippen LogP contribution is 2.59. The van der Waals surface area contributed by atoms with Gasteiger partial charge in [-0.2, -0.15) is 0 Å². The van der Waals surface area contributed by atoms with E-state index in [1.807, 2.05) is 36.4 Å². The Morgan fingerprint density at radius 3 is 1.77 bits per heavy atom. The number of hydrogen-bond donors (Lipinski definition) is 1. The lowest BCUT2D eigenvalue weighted by Crippen LogP contribution is -2.33. The average Bonchev–Trinajstić information content (AvgIpc) is 3.24. The van der Waals surface area contributed by atoms with E-state index in [-0.39, 0.29) is 11.6 Å². The minimum absolute atomic E-state index is 0.127. The van der Waals surface area contributed by atoms with Crippen molar-refractivity contribution in [3.63, 3.8) is 0 Å². The van der Waals surface area contributed by atoms with Crippen LogP contribution in [0.3, 0.4) is 0 Å². The molecule has 190 valence electrons. The van der Waals surface area contributed by atoms with Crippen molar-refractivity contribution in [2.24, 2.45) is 0 Å². The Bertz CT molecular complexity index is 1940. The first-order chi connectivity index (χ1) is 19.5. The van der Waals surface area contributed by atoms with Gasteiger partial charge in [0.2, 0.25) is 0 Å². The first-order valence-electron chi connectivity index (χ1n) is 13.0. The smallest absolute Gasteiger partial charge is 0.196 e. The Balaban J connectivity index is 1.52. The maximum absolute atomic E-state index is 14.1. The van der Waals surface area contributed by atoms with Crippen LogP contribution in [0.5, 0.6) is 0 Å². The summed E-state index contributed by atoms with van der Waals surface area (Å²) in [5, 5.41) is 3.63. The van der Waals surface area contributed by atoms with E-state index in [2.05, 4.69) is 91.8 Å². The van der Waals surface area contributed by atoms with E-state index >= 15 is 0 Å². The zero-order valence-corrected chi connectivity index (χ0v) is 24.1. The van der Waals surface area contributed by atoms with Gasteiger partial charge in [-0.25, -0.2) is 0 Å². The first-order valence-corrected chi connectivity index (χ1v) is 14.6. The Hall–Kier alpha value is -4.06. The summed E-state index contributed by atoms with van der Waals surface area (Å²) in [7, 11) is 0. The highest BCUT2D eigenvalue weighted by Gasteiger charge is 2.48. The van der Waals surface area contributed by atoms with E-state index < -0.39 is 5.41 Å². The SMILES string of the molecule is O=C1c2ccccc2C(=O)c2c1ccc1c2NC(c2ccccc2)=CC12c1cc(Br)ccc1-c1ccc(Br)cc12. The molecule has 1 heterocycles. The molecule has 3 nitrogen and oxygen atoms in total. The van der Waals surface area contributed by atoms with Crippen LogP contribution in [-0.4, -0.2) is 11.6 Å². The maximum Gasteiger partial charge on any atom is 0.196 e. The van der Waals surface area contributed by atoms with Crippen LogP contribution in [0, 0.1) is 0 Å². The molecule has 1 spiro atoms. The van der Waals surface area contributed by atoms with Crippen molar-refractivity contribution in [1.29, 1.82) is 0 Å². The van der Waals surface area contributed by atoms with Crippen molar-refractivity contribution in [1.82, 2.24) is 0 Å². The van der Waals surface area contributed by atoms with Crippen molar-refractivity contribution in [2.75, 3.05) is 5.32 Å². The van der Waals surface area contributed by atoms with Crippen LogP contribution in [0.4, 0.5) is 5.69 Å². The highest BCUT2D eigenvalue weighted by molar-refractivity contribution is 9.10. The number of halogens is 2. The fraction of sp³-hybridized carbons (Fsp3) is 0.0286. The third kappa shape index (κ3) is 3.10. The number of carbonyl (C=O) groups is 2. The van der Waals surface area contributed by atoms with Crippen LogP contribution in [-0.2, 0) is 5.41 Å². The minimum atomic E-state index is -0.695. The number of anilines is 1. The number of rotatable bonds is 1. The third-order valence-corrected chi connectivity index (χ3v) is 9.31. The summed E-state index contributed by atoms with van der Waals surface area (Å²) in [6, 6.07) is 33.9. The van der Waals surface area contributed by atoms with Gasteiger partial charge in [0.05, 0.1) is 16.7 Å². The predicted octanol–water partition coefficient (Wildman–Crippen LogP) is 8.77. The van der Waals surface area contributed by atoms with Gasteiger partial charge in [0.1, 0.15) is 0 Å². The molecular formula is C35H19Br2NO2. The fourth-order valence-corrected chi connectivity index (χ4v) is 7.35. The molecule has 1 N–H and O–H groups in total. The Morgan fingerprint density at radius 1 is 0.550 bits per heavy atom. The number of benzene rings is 5. The lowest BCUT2D eigenvalue weighted by molar-refractivity contribution is 0.0979. The number of nitrogens with one attached hydrogen (secondary N) is 1. The van der Waals surface area contributed by atoms with Crippen molar-refractivity contribution in [3.8, 4) is 11.1 Å². The summed E-state index contributed by atoms with van der Waals surface area (Å²) < 4.78 is 1.95. The first kappa shape index (κ1) is 23.8. The molecule has 2 aliphatic carbocycles. The van der Waals surface area contributed by atoms with Gasteiger partial charge in [-0.05, 0) is 69.8 Å². The molecular weight excluding hydrogens is 626 g/mol. The van der Waals surface area contributed by atoms with Crippen LogP contribution in [0.2, 0.25) is 0 Å². The molecule has 5 heteroatoms. The molecule has 0 atom stereocenters. The Morgan fingerprint density at radius 2 is 1.12 bits per heavy atom. The molecule has 5 aromatic carbocycles. The second-order valence-corrected chi connectivity index (χ2v) is 12.2. The zero-order chi connectivity index (χ0) is 27.2. The Kier molecular flexibility index (Phi) is 5.04. The molecule has 0 radical (unpaired) electrons. The summed E-state index contributed by atoms with van der Waals surface area (Å²) in [5.74, 6) is -0.265. The number of allylic oxidation sites excluding steroid dienone is 1. The summed E-state index contributed by atoms with van der Waals surface area (Å²) in [5.41, 5.74) is 9.13. The number of hydrogen-bond acceptors (Lipinski definition) is 3. The molecule has 0 saturated carbocycles. The van der Waals surface area contributed by atoms with Crippen molar-refractivity contribution in [2.45, 2.75) is 5.41 Å². The van der Waals surface area contributed by atoms with Gasteiger partial charge in [0.15, 0.2) is 11.6 Å². The molecule has 0 unspecified atom stereocenters. The predicted molar refractivity (Wildman–Crippen MR) is 165 cm³/mol. The molecule has 3 aliphatic rings. The van der Waals surface area contributed by atoms with Gasteiger partial charge in [-0.15, -0.1) is 0 Å². The molecule has 0 amide bonds. The van der Waals surface area contributed by atoms with Crippen molar-refractivity contribution < 1.29 is 9.59 Å². The zero-order valence-electron chi connectivity index (χ0n) is 21.0. The van der Waals surface area contributed by atoms with E-state index in [4.69, 9.17) is 0 Å². The highest BCUT2D eigenvalue weighted by atomic mass is 79.9. The summed E-state index contributed by atoms with van der Waals surface area (Å²) in [4.78, 5) is 27.8. The number of carbonyl (C=O) groups excluding carboxylic acids is 2. The van der Waals surface area contributed by atoms with Crippen LogP contribution in [0.1, 0.15) is 54.1 Å². The lowest BCUT2D eigenvalue weighted by atomic mass is 9.67. The van der Waals surface area contributed by atoms with Crippen molar-refractivity contribution in [3.05, 3.63) is 163 Å². The summed E-state index contributed by atoms with van der Waals surface area (Å²) in [6.45, 7) is 0. The van der Waals surface area contributed by atoms with E-state index in [1.54, 1.807) is 18.2 Å². The fourth-order valence-electron chi connectivity index (χ4n) is 6.63. The third-order valence-electron chi connectivity index (χ3n) is 8.33. The quantitative estimate of drug-likeness (QED) is 0.195. The molecule has 8 rings (SSSR count). The van der Waals surface area contributed by atoms with Crippen LogP contribution in [0.25, 0.3) is 16.8 Å². The van der Waals surface area contributed by atoms with Crippen LogP contribution >= 0.6 is 31.9 Å². The summed E-state index contributed by atoms with van der Waals surface area (Å²) in [6.07, 6.45) is 2.28. The Labute approximate surface area is 247 Å². The molecule has 0 saturated heterocycles. The van der Waals surface area contributed by atoms with Gasteiger partial charge < -0.3 is 5.32 Å². The van der Waals surface area contributed by atoms with Gasteiger partial charge >= 0.3 is 0 Å². The number of fused-ring (bicyclic) bond motifs is 10. The van der Waals surface area contributed by atoms with Gasteiger partial charge in [-0.3, -0.25) is 9.59 Å². The average molecular weight is 645 g/mol. The standard InChI is InChI=1S/C35H19Br2NO2/c36-20-10-12-22-23-13-11-21(37)17-29(23)35(28(22)16-20)18-30(19-6-2-1-3-7-19)38-32-27(35)15-14-26-31(32)34(40)25-9-5-4-8-24(25)33(26)39/h1-18,38H. The van der Waals surface area contributed by atoms with E-state index in [0.717, 1.165) is 48.0 Å². The largest absolute Gasteiger partial charge is 0.354 e. The second-order valence-electron chi connectivity index (χ2n) is 10.4. The maximum atomic E-state index is 14.1. The molecule has 5 aromatic rings. The normalized spacial score (nSPS) is 15.4. The molecule has 0 fully saturated rings. The second kappa shape index (κ2) is 8.47. The van der Waals surface area contributed by atoms with Crippen molar-refractivity contribution >= 4 is 54.8 Å². The topological polar surface area (TPSA) is 46.2 Å². The molecule has 40 heavy (non-hydrogen) atoms. The monoisotopic (exact) mass is 643 g/mol. The van der Waals surface area contributed by atoms with E-state index in [0.29, 0.717) is 27.9 Å².